The number of fused-ring (bicyclic) bond motifs is 1. The number of rotatable bonds is 6. The van der Waals surface area contributed by atoms with Crippen molar-refractivity contribution in [3.8, 4) is 5.75 Å². The number of carbonyl (C=O) groups is 1. The molecule has 0 aromatic heterocycles. The van der Waals surface area contributed by atoms with Gasteiger partial charge in [-0.1, -0.05) is 28.1 Å². The number of hydrogen-bond donors (Lipinski definition) is 1. The van der Waals surface area contributed by atoms with E-state index < -0.39 is 10.0 Å². The van der Waals surface area contributed by atoms with Gasteiger partial charge in [-0.15, -0.1) is 0 Å². The minimum atomic E-state index is -3.93. The maximum absolute atomic E-state index is 13.3. The van der Waals surface area contributed by atoms with Crippen molar-refractivity contribution in [1.29, 1.82) is 0 Å². The molecular formula is C20H21BrN2O4S. The Morgan fingerprint density at radius 3 is 2.75 bits per heavy atom. The Kier molecular flexibility index (Phi) is 5.09. The predicted octanol–water partition coefficient (Wildman–Crippen LogP) is 3.95. The molecule has 0 saturated heterocycles. The lowest BCUT2D eigenvalue weighted by Crippen LogP contribution is -2.31. The van der Waals surface area contributed by atoms with Gasteiger partial charge >= 0.3 is 0 Å². The van der Waals surface area contributed by atoms with Crippen molar-refractivity contribution < 1.29 is 17.9 Å². The number of hydrogen-bond acceptors (Lipinski definition) is 4. The Morgan fingerprint density at radius 1 is 1.29 bits per heavy atom. The van der Waals surface area contributed by atoms with E-state index in [1.807, 2.05) is 13.0 Å². The van der Waals surface area contributed by atoms with Crippen molar-refractivity contribution in [3.05, 3.63) is 46.4 Å². The lowest BCUT2D eigenvalue weighted by Gasteiger charge is -2.21. The molecule has 0 spiro atoms. The van der Waals surface area contributed by atoms with Gasteiger partial charge in [-0.2, -0.15) is 0 Å². The highest BCUT2D eigenvalue weighted by Crippen LogP contribution is 2.42. The molecule has 28 heavy (non-hydrogen) atoms. The minimum Gasteiger partial charge on any atom is -0.492 e. The summed E-state index contributed by atoms with van der Waals surface area (Å²) < 4.78 is 35.4. The molecule has 1 aliphatic heterocycles. The first kappa shape index (κ1) is 19.3. The average molecular weight is 465 g/mol. The Balaban J connectivity index is 1.75. The van der Waals surface area contributed by atoms with E-state index in [4.69, 9.17) is 4.74 Å². The molecule has 2 aromatic rings. The van der Waals surface area contributed by atoms with Gasteiger partial charge in [-0.25, -0.2) is 8.42 Å². The molecule has 1 aliphatic carbocycles. The molecule has 1 saturated carbocycles. The van der Waals surface area contributed by atoms with Crippen LogP contribution in [0.5, 0.6) is 5.75 Å². The van der Waals surface area contributed by atoms with Crippen molar-refractivity contribution >= 4 is 43.2 Å². The average Bonchev–Trinajstić information content (AvgIpc) is 3.42. The number of anilines is 2. The number of amides is 1. The fourth-order valence-corrected chi connectivity index (χ4v) is 5.48. The van der Waals surface area contributed by atoms with Crippen LogP contribution in [-0.2, 0) is 21.2 Å². The number of nitrogens with zero attached hydrogens (tertiary/aromatic N) is 1. The Bertz CT molecular complexity index is 1030. The molecule has 1 amide bonds. The second kappa shape index (κ2) is 7.40. The van der Waals surface area contributed by atoms with Gasteiger partial charge in [-0.05, 0) is 56.0 Å². The minimum absolute atomic E-state index is 0.0206. The van der Waals surface area contributed by atoms with Gasteiger partial charge in [0.2, 0.25) is 5.91 Å². The zero-order chi connectivity index (χ0) is 19.9. The van der Waals surface area contributed by atoms with Crippen LogP contribution in [-0.4, -0.2) is 27.5 Å². The number of para-hydroxylation sites is 2. The van der Waals surface area contributed by atoms with E-state index in [1.165, 1.54) is 0 Å². The van der Waals surface area contributed by atoms with Crippen LogP contribution >= 0.6 is 15.9 Å². The SMILES string of the molecule is CCOc1ccccc1NS(=O)(=O)c1cc(Br)cc2c1N(C(=O)C1CC1)CC2. The van der Waals surface area contributed by atoms with Crippen molar-refractivity contribution in [2.24, 2.45) is 5.92 Å². The van der Waals surface area contributed by atoms with Crippen LogP contribution in [0, 0.1) is 5.92 Å². The highest BCUT2D eigenvalue weighted by Gasteiger charge is 2.39. The molecule has 148 valence electrons. The zero-order valence-electron chi connectivity index (χ0n) is 15.4. The number of nitrogens with one attached hydrogen (secondary N) is 1. The van der Waals surface area contributed by atoms with Crippen LogP contribution in [0.2, 0.25) is 0 Å². The summed E-state index contributed by atoms with van der Waals surface area (Å²) in [4.78, 5) is 14.5. The summed E-state index contributed by atoms with van der Waals surface area (Å²) >= 11 is 3.41. The number of carbonyl (C=O) groups excluding carboxylic acids is 1. The van der Waals surface area contributed by atoms with Crippen molar-refractivity contribution in [2.45, 2.75) is 31.1 Å². The normalized spacial score (nSPS) is 16.0. The lowest BCUT2D eigenvalue weighted by molar-refractivity contribution is -0.119. The van der Waals surface area contributed by atoms with Crippen LogP contribution in [0.25, 0.3) is 0 Å². The molecule has 2 aliphatic rings. The van der Waals surface area contributed by atoms with Gasteiger partial charge in [0, 0.05) is 16.9 Å². The summed E-state index contributed by atoms with van der Waals surface area (Å²) in [5, 5.41) is 0. The fraction of sp³-hybridized carbons (Fsp3) is 0.350. The smallest absolute Gasteiger partial charge is 0.264 e. The van der Waals surface area contributed by atoms with E-state index in [2.05, 4.69) is 20.7 Å². The highest BCUT2D eigenvalue weighted by molar-refractivity contribution is 9.10. The summed E-state index contributed by atoms with van der Waals surface area (Å²) in [5.74, 6) is 0.509. The third kappa shape index (κ3) is 3.63. The molecular weight excluding hydrogens is 444 g/mol. The standard InChI is InChI=1S/C20H21BrN2O4S/c1-2-27-17-6-4-3-5-16(17)22-28(25,26)18-12-15(21)11-14-9-10-23(19(14)18)20(24)13-7-8-13/h3-6,11-13,22H,2,7-10H2,1H3. The molecule has 6 nitrogen and oxygen atoms in total. The largest absolute Gasteiger partial charge is 0.492 e. The summed E-state index contributed by atoms with van der Waals surface area (Å²) in [6.45, 7) is 2.78. The summed E-state index contributed by atoms with van der Waals surface area (Å²) in [7, 11) is -3.93. The Hall–Kier alpha value is -2.06. The molecule has 0 radical (unpaired) electrons. The first-order chi connectivity index (χ1) is 13.4. The third-order valence-electron chi connectivity index (χ3n) is 4.91. The Labute approximate surface area is 173 Å². The molecule has 1 fully saturated rings. The monoisotopic (exact) mass is 464 g/mol. The molecule has 4 rings (SSSR count). The second-order valence-corrected chi connectivity index (χ2v) is 9.53. The van der Waals surface area contributed by atoms with E-state index in [0.29, 0.717) is 41.2 Å². The molecule has 1 heterocycles. The maximum atomic E-state index is 13.3. The molecule has 2 aromatic carbocycles. The number of sulfonamides is 1. The van der Waals surface area contributed by atoms with Gasteiger partial charge < -0.3 is 9.64 Å². The van der Waals surface area contributed by atoms with Crippen LogP contribution in [0.3, 0.4) is 0 Å². The van der Waals surface area contributed by atoms with E-state index in [9.17, 15) is 13.2 Å². The molecule has 0 atom stereocenters. The van der Waals surface area contributed by atoms with Crippen molar-refractivity contribution in [3.63, 3.8) is 0 Å². The maximum Gasteiger partial charge on any atom is 0.264 e. The highest BCUT2D eigenvalue weighted by atomic mass is 79.9. The number of ether oxygens (including phenoxy) is 1. The van der Waals surface area contributed by atoms with Crippen LogP contribution in [0.4, 0.5) is 11.4 Å². The van der Waals surface area contributed by atoms with Crippen LogP contribution < -0.4 is 14.4 Å². The van der Waals surface area contributed by atoms with Gasteiger partial charge in [0.1, 0.15) is 10.6 Å². The van der Waals surface area contributed by atoms with Gasteiger partial charge in [0.15, 0.2) is 0 Å². The summed E-state index contributed by atoms with van der Waals surface area (Å²) in [6.07, 6.45) is 2.40. The van der Waals surface area contributed by atoms with Crippen molar-refractivity contribution in [2.75, 3.05) is 22.8 Å². The van der Waals surface area contributed by atoms with Gasteiger partial charge in [0.25, 0.3) is 10.0 Å². The first-order valence-corrected chi connectivity index (χ1v) is 11.6. The number of halogens is 1. The van der Waals surface area contributed by atoms with E-state index >= 15 is 0 Å². The van der Waals surface area contributed by atoms with E-state index in [0.717, 1.165) is 18.4 Å². The number of benzene rings is 2. The third-order valence-corrected chi connectivity index (χ3v) is 6.74. The second-order valence-electron chi connectivity index (χ2n) is 6.96. The van der Waals surface area contributed by atoms with E-state index in [-0.39, 0.29) is 16.7 Å². The topological polar surface area (TPSA) is 75.7 Å². The quantitative estimate of drug-likeness (QED) is 0.701. The molecule has 8 heteroatoms. The van der Waals surface area contributed by atoms with E-state index in [1.54, 1.807) is 35.2 Å². The predicted molar refractivity (Wildman–Crippen MR) is 111 cm³/mol. The summed E-state index contributed by atoms with van der Waals surface area (Å²) in [5.41, 5.74) is 1.74. The first-order valence-electron chi connectivity index (χ1n) is 9.29. The van der Waals surface area contributed by atoms with Crippen molar-refractivity contribution in [1.82, 2.24) is 0 Å². The lowest BCUT2D eigenvalue weighted by atomic mass is 10.2. The van der Waals surface area contributed by atoms with Crippen LogP contribution in [0.1, 0.15) is 25.3 Å². The Morgan fingerprint density at radius 2 is 2.04 bits per heavy atom. The molecule has 1 N–H and O–H groups in total. The van der Waals surface area contributed by atoms with Gasteiger partial charge in [-0.3, -0.25) is 9.52 Å². The molecule has 0 unspecified atom stereocenters. The molecule has 0 bridgehead atoms. The fourth-order valence-electron chi connectivity index (χ4n) is 3.48. The van der Waals surface area contributed by atoms with Gasteiger partial charge in [0.05, 0.1) is 18.0 Å². The zero-order valence-corrected chi connectivity index (χ0v) is 17.8. The summed E-state index contributed by atoms with van der Waals surface area (Å²) in [6, 6.07) is 10.4. The van der Waals surface area contributed by atoms with Crippen LogP contribution in [0.15, 0.2) is 45.8 Å².